The summed E-state index contributed by atoms with van der Waals surface area (Å²) in [5.41, 5.74) is 5.09. The van der Waals surface area contributed by atoms with E-state index in [1.807, 2.05) is 0 Å². The van der Waals surface area contributed by atoms with Crippen molar-refractivity contribution < 1.29 is 14.3 Å². The normalized spacial score (nSPS) is 9.83. The second kappa shape index (κ2) is 6.87. The minimum Gasteiger partial charge on any atom is -0.383 e. The quantitative estimate of drug-likeness (QED) is 0.602. The Morgan fingerprint density at radius 2 is 1.67 bits per heavy atom. The maximum Gasteiger partial charge on any atom is 0.314 e. The molecule has 0 aliphatic carbocycles. The molecule has 5 heteroatoms. The average molecular weight is 176 g/mol. The van der Waals surface area contributed by atoms with Gasteiger partial charge >= 0.3 is 6.03 Å². The van der Waals surface area contributed by atoms with E-state index in [4.69, 9.17) is 15.2 Å². The first-order chi connectivity index (χ1) is 5.72. The van der Waals surface area contributed by atoms with Crippen molar-refractivity contribution in [3.63, 3.8) is 0 Å². The fraction of sp³-hybridized carbons (Fsp3) is 0.857. The number of ether oxygens (including phenoxy) is 2. The van der Waals surface area contributed by atoms with Crippen LogP contribution in [0.1, 0.15) is 0 Å². The number of hydrogen-bond donors (Lipinski definition) is 1. The molecule has 0 atom stereocenters. The van der Waals surface area contributed by atoms with Gasteiger partial charge in [0.1, 0.15) is 0 Å². The van der Waals surface area contributed by atoms with Crippen LogP contribution >= 0.6 is 0 Å². The van der Waals surface area contributed by atoms with Crippen LogP contribution < -0.4 is 5.73 Å². The van der Waals surface area contributed by atoms with Crippen molar-refractivity contribution in [1.29, 1.82) is 0 Å². The van der Waals surface area contributed by atoms with E-state index >= 15 is 0 Å². The van der Waals surface area contributed by atoms with Crippen molar-refractivity contribution in [1.82, 2.24) is 4.90 Å². The molecule has 72 valence electrons. The van der Waals surface area contributed by atoms with Crippen molar-refractivity contribution >= 4 is 6.03 Å². The van der Waals surface area contributed by atoms with E-state index in [0.717, 1.165) is 0 Å². The Labute approximate surface area is 72.4 Å². The predicted molar refractivity (Wildman–Crippen MR) is 44.9 cm³/mol. The molecule has 2 N–H and O–H groups in total. The third kappa shape index (κ3) is 4.92. The lowest BCUT2D eigenvalue weighted by Crippen LogP contribution is -2.40. The monoisotopic (exact) mass is 176 g/mol. The summed E-state index contributed by atoms with van der Waals surface area (Å²) < 4.78 is 9.62. The summed E-state index contributed by atoms with van der Waals surface area (Å²) in [5, 5.41) is 0. The van der Waals surface area contributed by atoms with Gasteiger partial charge in [-0.05, 0) is 0 Å². The first kappa shape index (κ1) is 11.2. The van der Waals surface area contributed by atoms with Crippen LogP contribution in [0, 0.1) is 0 Å². The van der Waals surface area contributed by atoms with Crippen LogP contribution in [0.3, 0.4) is 0 Å². The Morgan fingerprint density at radius 3 is 1.92 bits per heavy atom. The van der Waals surface area contributed by atoms with Gasteiger partial charge in [0, 0.05) is 27.3 Å². The lowest BCUT2D eigenvalue weighted by molar-refractivity contribution is 0.126. The van der Waals surface area contributed by atoms with E-state index in [9.17, 15) is 4.79 Å². The standard InChI is InChI=1S/C7H16N2O3/c1-11-5-3-9(7(8)10)4-6-12-2/h3-6H2,1-2H3,(H2,8,10). The van der Waals surface area contributed by atoms with Gasteiger partial charge < -0.3 is 20.1 Å². The number of carbonyl (C=O) groups is 1. The fourth-order valence-electron chi connectivity index (χ4n) is 0.735. The minimum atomic E-state index is -0.441. The molecule has 0 bridgehead atoms. The number of nitrogens with two attached hydrogens (primary N) is 1. The van der Waals surface area contributed by atoms with Crippen LogP contribution in [-0.4, -0.2) is 51.5 Å². The Balaban J connectivity index is 3.62. The van der Waals surface area contributed by atoms with E-state index in [1.54, 1.807) is 14.2 Å². The molecular formula is C7H16N2O3. The van der Waals surface area contributed by atoms with Gasteiger partial charge in [-0.3, -0.25) is 0 Å². The van der Waals surface area contributed by atoms with Gasteiger partial charge in [-0.15, -0.1) is 0 Å². The molecule has 0 aromatic carbocycles. The maximum atomic E-state index is 10.7. The number of hydrogen-bond acceptors (Lipinski definition) is 3. The Kier molecular flexibility index (Phi) is 6.41. The summed E-state index contributed by atoms with van der Waals surface area (Å²) in [7, 11) is 3.16. The summed E-state index contributed by atoms with van der Waals surface area (Å²) in [6, 6.07) is -0.441. The third-order valence-electron chi connectivity index (χ3n) is 1.44. The molecule has 2 amide bonds. The lowest BCUT2D eigenvalue weighted by Gasteiger charge is -2.18. The molecule has 0 saturated heterocycles. The summed E-state index contributed by atoms with van der Waals surface area (Å²) in [4.78, 5) is 12.2. The zero-order valence-corrected chi connectivity index (χ0v) is 7.58. The zero-order chi connectivity index (χ0) is 9.40. The van der Waals surface area contributed by atoms with E-state index in [1.165, 1.54) is 4.90 Å². The highest BCUT2D eigenvalue weighted by atomic mass is 16.5. The van der Waals surface area contributed by atoms with Gasteiger partial charge in [0.15, 0.2) is 0 Å². The molecule has 0 aromatic heterocycles. The number of primary amides is 1. The molecule has 0 spiro atoms. The number of amides is 2. The van der Waals surface area contributed by atoms with Gasteiger partial charge in [0.05, 0.1) is 13.2 Å². The van der Waals surface area contributed by atoms with E-state index in [2.05, 4.69) is 0 Å². The molecule has 5 nitrogen and oxygen atoms in total. The molecule has 0 unspecified atom stereocenters. The first-order valence-corrected chi connectivity index (χ1v) is 3.74. The third-order valence-corrected chi connectivity index (χ3v) is 1.44. The summed E-state index contributed by atoms with van der Waals surface area (Å²) in [6.07, 6.45) is 0. The average Bonchev–Trinajstić information content (AvgIpc) is 2.04. The van der Waals surface area contributed by atoms with Crippen molar-refractivity contribution in [3.8, 4) is 0 Å². The summed E-state index contributed by atoms with van der Waals surface area (Å²) >= 11 is 0. The topological polar surface area (TPSA) is 64.8 Å². The summed E-state index contributed by atoms with van der Waals surface area (Å²) in [5.74, 6) is 0. The molecule has 0 aliphatic heterocycles. The number of nitrogens with zero attached hydrogens (tertiary/aromatic N) is 1. The number of urea groups is 1. The largest absolute Gasteiger partial charge is 0.383 e. The van der Waals surface area contributed by atoms with Crippen LogP contribution in [0.2, 0.25) is 0 Å². The molecule has 12 heavy (non-hydrogen) atoms. The SMILES string of the molecule is COCCN(CCOC)C(N)=O. The van der Waals surface area contributed by atoms with Gasteiger partial charge in [-0.25, -0.2) is 4.79 Å². The van der Waals surface area contributed by atoms with Crippen molar-refractivity contribution in [2.24, 2.45) is 5.73 Å². The van der Waals surface area contributed by atoms with Crippen LogP contribution in [0.5, 0.6) is 0 Å². The zero-order valence-electron chi connectivity index (χ0n) is 7.58. The smallest absolute Gasteiger partial charge is 0.314 e. The van der Waals surface area contributed by atoms with Gasteiger partial charge in [-0.1, -0.05) is 0 Å². The highest BCUT2D eigenvalue weighted by Crippen LogP contribution is 1.87. The van der Waals surface area contributed by atoms with Gasteiger partial charge in [-0.2, -0.15) is 0 Å². The second-order valence-corrected chi connectivity index (χ2v) is 2.31. The Bertz CT molecular complexity index is 122. The van der Waals surface area contributed by atoms with Crippen molar-refractivity contribution in [2.75, 3.05) is 40.5 Å². The van der Waals surface area contributed by atoms with E-state index < -0.39 is 6.03 Å². The highest BCUT2D eigenvalue weighted by molar-refractivity contribution is 5.71. The van der Waals surface area contributed by atoms with Crippen LogP contribution in [0.4, 0.5) is 4.79 Å². The lowest BCUT2D eigenvalue weighted by atomic mass is 10.5. The molecule has 0 aliphatic rings. The molecule has 0 heterocycles. The Hall–Kier alpha value is -0.810. The van der Waals surface area contributed by atoms with Crippen molar-refractivity contribution in [3.05, 3.63) is 0 Å². The molecule has 0 rings (SSSR count). The molecular weight excluding hydrogens is 160 g/mol. The first-order valence-electron chi connectivity index (χ1n) is 3.74. The number of carbonyl (C=O) groups excluding carboxylic acids is 1. The molecule has 0 radical (unpaired) electrons. The molecule has 0 saturated carbocycles. The second-order valence-electron chi connectivity index (χ2n) is 2.31. The molecule has 0 aromatic rings. The van der Waals surface area contributed by atoms with Gasteiger partial charge in [0.25, 0.3) is 0 Å². The predicted octanol–water partition coefficient (Wildman–Crippen LogP) is -0.340. The number of rotatable bonds is 6. The van der Waals surface area contributed by atoms with E-state index in [0.29, 0.717) is 26.3 Å². The number of methoxy groups -OCH3 is 2. The van der Waals surface area contributed by atoms with Crippen LogP contribution in [0.15, 0.2) is 0 Å². The molecule has 0 fully saturated rings. The van der Waals surface area contributed by atoms with Gasteiger partial charge in [0.2, 0.25) is 0 Å². The van der Waals surface area contributed by atoms with Crippen molar-refractivity contribution in [2.45, 2.75) is 0 Å². The maximum absolute atomic E-state index is 10.7. The highest BCUT2D eigenvalue weighted by Gasteiger charge is 2.07. The van der Waals surface area contributed by atoms with Crippen LogP contribution in [-0.2, 0) is 9.47 Å². The summed E-state index contributed by atoms with van der Waals surface area (Å²) in [6.45, 7) is 2.00. The minimum absolute atomic E-state index is 0.441. The fourth-order valence-corrected chi connectivity index (χ4v) is 0.735. The Morgan fingerprint density at radius 1 is 1.25 bits per heavy atom. The van der Waals surface area contributed by atoms with E-state index in [-0.39, 0.29) is 0 Å². The van der Waals surface area contributed by atoms with Crippen LogP contribution in [0.25, 0.3) is 0 Å².